The molecule has 1 heterocycles. The highest BCUT2D eigenvalue weighted by atomic mass is 79.9. The van der Waals surface area contributed by atoms with Crippen LogP contribution in [-0.4, -0.2) is 5.91 Å². The second kappa shape index (κ2) is 5.34. The smallest absolute Gasteiger partial charge is 0.231 e. The Hall–Kier alpha value is -1.55. The van der Waals surface area contributed by atoms with E-state index in [0.29, 0.717) is 0 Å². The van der Waals surface area contributed by atoms with Crippen molar-refractivity contribution in [3.05, 3.63) is 58.0 Å². The zero-order chi connectivity index (χ0) is 15.0. The van der Waals surface area contributed by atoms with E-state index in [9.17, 15) is 4.79 Å². The molecule has 0 radical (unpaired) electrons. The lowest BCUT2D eigenvalue weighted by molar-refractivity contribution is -0.124. The summed E-state index contributed by atoms with van der Waals surface area (Å²) in [4.78, 5) is 12.6. The van der Waals surface area contributed by atoms with Crippen molar-refractivity contribution in [2.45, 2.75) is 38.1 Å². The first-order valence-electron chi connectivity index (χ1n) is 7.15. The number of amides is 1. The molecule has 1 amide bonds. The summed E-state index contributed by atoms with van der Waals surface area (Å²) < 4.78 is 6.61. The first-order valence-corrected chi connectivity index (χ1v) is 7.94. The molecule has 1 saturated carbocycles. The van der Waals surface area contributed by atoms with E-state index in [1.165, 1.54) is 0 Å². The van der Waals surface area contributed by atoms with Crippen LogP contribution in [0.15, 0.2) is 45.3 Å². The van der Waals surface area contributed by atoms with Crippen LogP contribution in [0.4, 0.5) is 0 Å². The van der Waals surface area contributed by atoms with Crippen molar-refractivity contribution in [2.24, 2.45) is 0 Å². The molecule has 0 spiro atoms. The average Bonchev–Trinajstić information content (AvgIpc) is 3.16. The van der Waals surface area contributed by atoms with Gasteiger partial charge >= 0.3 is 0 Å². The lowest BCUT2D eigenvalue weighted by Gasteiger charge is -2.19. The SMILES string of the molecule is Cc1ccc(C(C)NC(=O)C2(c3ccc(Br)cc3)CC2)o1. The molecule has 2 aromatic rings. The van der Waals surface area contributed by atoms with Crippen LogP contribution in [0.5, 0.6) is 0 Å². The lowest BCUT2D eigenvalue weighted by atomic mass is 9.94. The Labute approximate surface area is 132 Å². The van der Waals surface area contributed by atoms with Crippen molar-refractivity contribution < 1.29 is 9.21 Å². The average molecular weight is 348 g/mol. The third-order valence-corrected chi connectivity index (χ3v) is 4.65. The first kappa shape index (κ1) is 14.4. The predicted molar refractivity (Wildman–Crippen MR) is 85.1 cm³/mol. The van der Waals surface area contributed by atoms with E-state index in [4.69, 9.17) is 4.42 Å². The van der Waals surface area contributed by atoms with Gasteiger partial charge in [-0.25, -0.2) is 0 Å². The molecule has 1 aromatic heterocycles. The maximum Gasteiger partial charge on any atom is 0.231 e. The molecular formula is C17H18BrNO2. The van der Waals surface area contributed by atoms with Gasteiger partial charge in [0.25, 0.3) is 0 Å². The minimum atomic E-state index is -0.351. The molecule has 3 nitrogen and oxygen atoms in total. The summed E-state index contributed by atoms with van der Waals surface area (Å²) in [6.45, 7) is 3.86. The van der Waals surface area contributed by atoms with Gasteiger partial charge in [-0.1, -0.05) is 28.1 Å². The Bertz CT molecular complexity index is 656. The Morgan fingerprint density at radius 1 is 1.24 bits per heavy atom. The van der Waals surface area contributed by atoms with Gasteiger partial charge in [-0.15, -0.1) is 0 Å². The van der Waals surface area contributed by atoms with Crippen molar-refractivity contribution in [1.82, 2.24) is 5.32 Å². The Morgan fingerprint density at radius 2 is 1.90 bits per heavy atom. The number of benzene rings is 1. The molecule has 0 saturated heterocycles. The maximum atomic E-state index is 12.6. The number of carbonyl (C=O) groups is 1. The highest BCUT2D eigenvalue weighted by Crippen LogP contribution is 2.48. The summed E-state index contributed by atoms with van der Waals surface area (Å²) in [6.07, 6.45) is 1.81. The van der Waals surface area contributed by atoms with Crippen molar-refractivity contribution in [2.75, 3.05) is 0 Å². The fourth-order valence-corrected chi connectivity index (χ4v) is 2.90. The van der Waals surface area contributed by atoms with E-state index < -0.39 is 0 Å². The van der Waals surface area contributed by atoms with Gasteiger partial charge in [-0.3, -0.25) is 4.79 Å². The van der Waals surface area contributed by atoms with Crippen LogP contribution in [0.1, 0.15) is 42.9 Å². The second-order valence-corrected chi connectivity index (χ2v) is 6.65. The van der Waals surface area contributed by atoms with Crippen LogP contribution in [-0.2, 0) is 10.2 Å². The van der Waals surface area contributed by atoms with Gasteiger partial charge in [0.1, 0.15) is 11.5 Å². The molecule has 0 aliphatic heterocycles. The number of nitrogens with one attached hydrogen (secondary N) is 1. The topological polar surface area (TPSA) is 42.2 Å². The molecule has 1 unspecified atom stereocenters. The highest BCUT2D eigenvalue weighted by molar-refractivity contribution is 9.10. The summed E-state index contributed by atoms with van der Waals surface area (Å²) >= 11 is 3.43. The van der Waals surface area contributed by atoms with Gasteiger partial charge in [0, 0.05) is 4.47 Å². The van der Waals surface area contributed by atoms with Crippen molar-refractivity contribution in [3.63, 3.8) is 0 Å². The molecule has 21 heavy (non-hydrogen) atoms. The highest BCUT2D eigenvalue weighted by Gasteiger charge is 2.51. The van der Waals surface area contributed by atoms with E-state index in [1.807, 2.05) is 50.2 Å². The van der Waals surface area contributed by atoms with Gasteiger partial charge in [0.05, 0.1) is 11.5 Å². The largest absolute Gasteiger partial charge is 0.464 e. The number of halogens is 1. The van der Waals surface area contributed by atoms with Crippen molar-refractivity contribution >= 4 is 21.8 Å². The first-order chi connectivity index (χ1) is 10.0. The summed E-state index contributed by atoms with van der Waals surface area (Å²) in [5, 5.41) is 3.08. The quantitative estimate of drug-likeness (QED) is 0.897. The molecule has 1 aliphatic carbocycles. The number of hydrogen-bond donors (Lipinski definition) is 1. The molecule has 1 atom stereocenters. The summed E-state index contributed by atoms with van der Waals surface area (Å²) in [5.41, 5.74) is 0.738. The normalized spacial score (nSPS) is 17.3. The van der Waals surface area contributed by atoms with E-state index in [1.54, 1.807) is 0 Å². The Balaban J connectivity index is 1.74. The Morgan fingerprint density at radius 3 is 2.43 bits per heavy atom. The van der Waals surface area contributed by atoms with E-state index >= 15 is 0 Å². The second-order valence-electron chi connectivity index (χ2n) is 5.73. The summed E-state index contributed by atoms with van der Waals surface area (Å²) in [5.74, 6) is 1.75. The van der Waals surface area contributed by atoms with Crippen LogP contribution in [0.2, 0.25) is 0 Å². The predicted octanol–water partition coefficient (Wildman–Crippen LogP) is 4.26. The molecule has 1 N–H and O–H groups in total. The monoisotopic (exact) mass is 347 g/mol. The van der Waals surface area contributed by atoms with Gasteiger partial charge < -0.3 is 9.73 Å². The zero-order valence-corrected chi connectivity index (χ0v) is 13.7. The summed E-state index contributed by atoms with van der Waals surface area (Å²) in [7, 11) is 0. The van der Waals surface area contributed by atoms with Gasteiger partial charge in [-0.05, 0) is 56.5 Å². The van der Waals surface area contributed by atoms with Crippen LogP contribution in [0, 0.1) is 6.92 Å². The fraction of sp³-hybridized carbons (Fsp3) is 0.353. The van der Waals surface area contributed by atoms with Gasteiger partial charge in [-0.2, -0.15) is 0 Å². The third-order valence-electron chi connectivity index (χ3n) is 4.12. The van der Waals surface area contributed by atoms with Crippen LogP contribution < -0.4 is 5.32 Å². The molecule has 110 valence electrons. The zero-order valence-electron chi connectivity index (χ0n) is 12.2. The number of hydrogen-bond acceptors (Lipinski definition) is 2. The van der Waals surface area contributed by atoms with E-state index in [2.05, 4.69) is 21.2 Å². The van der Waals surface area contributed by atoms with Crippen molar-refractivity contribution in [3.8, 4) is 0 Å². The molecule has 4 heteroatoms. The Kier molecular flexibility index (Phi) is 3.66. The third kappa shape index (κ3) is 2.77. The standard InChI is InChI=1S/C17H18BrNO2/c1-11-3-8-15(21-11)12(2)19-16(20)17(9-10-17)13-4-6-14(18)7-5-13/h3-8,12H,9-10H2,1-2H3,(H,19,20). The maximum absolute atomic E-state index is 12.6. The van der Waals surface area contributed by atoms with Crippen LogP contribution >= 0.6 is 15.9 Å². The molecule has 0 bridgehead atoms. The van der Waals surface area contributed by atoms with Gasteiger partial charge in [0.15, 0.2) is 0 Å². The molecule has 3 rings (SSSR count). The molecule has 1 aliphatic rings. The molecule has 1 aromatic carbocycles. The number of carbonyl (C=O) groups excluding carboxylic acids is 1. The van der Waals surface area contributed by atoms with Crippen LogP contribution in [0.3, 0.4) is 0 Å². The molecular weight excluding hydrogens is 330 g/mol. The fourth-order valence-electron chi connectivity index (χ4n) is 2.63. The number of furan rings is 1. The molecule has 1 fully saturated rings. The minimum Gasteiger partial charge on any atom is -0.464 e. The van der Waals surface area contributed by atoms with E-state index in [-0.39, 0.29) is 17.4 Å². The van der Waals surface area contributed by atoms with Gasteiger partial charge in [0.2, 0.25) is 5.91 Å². The summed E-state index contributed by atoms with van der Waals surface area (Å²) in [6, 6.07) is 11.7. The van der Waals surface area contributed by atoms with E-state index in [0.717, 1.165) is 34.4 Å². The van der Waals surface area contributed by atoms with Crippen molar-refractivity contribution in [1.29, 1.82) is 0 Å². The number of rotatable bonds is 4. The number of aryl methyl sites for hydroxylation is 1. The van der Waals surface area contributed by atoms with Crippen LogP contribution in [0.25, 0.3) is 0 Å². The minimum absolute atomic E-state index is 0.0892. The lowest BCUT2D eigenvalue weighted by Crippen LogP contribution is -2.36.